The van der Waals surface area contributed by atoms with E-state index in [0.717, 1.165) is 23.7 Å². The minimum atomic E-state index is -2.55. The van der Waals surface area contributed by atoms with Gasteiger partial charge in [0.05, 0.1) is 10.6 Å². The Morgan fingerprint density at radius 3 is 2.57 bits per heavy atom. The van der Waals surface area contributed by atoms with Gasteiger partial charge in [0, 0.05) is 18.8 Å². The molecule has 2 rings (SSSR count). The van der Waals surface area contributed by atoms with E-state index in [1.54, 1.807) is 6.92 Å². The van der Waals surface area contributed by atoms with Gasteiger partial charge < -0.3 is 4.90 Å². The molecule has 0 unspecified atom stereocenters. The molecule has 0 saturated carbocycles. The van der Waals surface area contributed by atoms with E-state index < -0.39 is 6.43 Å². The van der Waals surface area contributed by atoms with Crippen LogP contribution in [-0.2, 0) is 0 Å². The summed E-state index contributed by atoms with van der Waals surface area (Å²) in [6, 6.07) is 3.86. The van der Waals surface area contributed by atoms with Crippen molar-refractivity contribution in [2.45, 2.75) is 46.5 Å². The first kappa shape index (κ1) is 17.9. The molecule has 2 heterocycles. The second kappa shape index (κ2) is 8.39. The minimum Gasteiger partial charge on any atom is -0.375 e. The average molecular weight is 338 g/mol. The van der Waals surface area contributed by atoms with Crippen molar-refractivity contribution in [3.05, 3.63) is 45.4 Å². The molecular formula is C18H24F2N2S. The van der Waals surface area contributed by atoms with Crippen LogP contribution in [0.25, 0.3) is 0 Å². The average Bonchev–Trinajstić information content (AvgIpc) is 3.23. The van der Waals surface area contributed by atoms with Gasteiger partial charge in [0.25, 0.3) is 6.43 Å². The fraction of sp³-hybridized carbons (Fsp3) is 0.500. The molecule has 1 saturated heterocycles. The lowest BCUT2D eigenvalue weighted by Crippen LogP contribution is -2.17. The predicted molar refractivity (Wildman–Crippen MR) is 94.4 cm³/mol. The standard InChI is InChI=1S/C18H24F2N2S/c1-4-13(2)17(18(19)20)21-15(16-8-7-11-23-16)12-14(3)22-9-5-6-10-22/h7-8,11-12,18H,4-6,9-10H2,1-3H3/b14-12+,17-13+,21-15-. The quantitative estimate of drug-likeness (QED) is 0.627. The van der Waals surface area contributed by atoms with Gasteiger partial charge in [-0.1, -0.05) is 13.0 Å². The normalized spacial score (nSPS) is 17.9. The third-order valence-corrected chi connectivity index (χ3v) is 5.03. The molecule has 0 spiro atoms. The number of halogens is 2. The van der Waals surface area contributed by atoms with Crippen LogP contribution in [-0.4, -0.2) is 30.1 Å². The number of nitrogens with zero attached hydrogens (tertiary/aromatic N) is 2. The van der Waals surface area contributed by atoms with Crippen molar-refractivity contribution in [2.24, 2.45) is 4.99 Å². The van der Waals surface area contributed by atoms with Crippen LogP contribution in [0.3, 0.4) is 0 Å². The van der Waals surface area contributed by atoms with Gasteiger partial charge in [-0.3, -0.25) is 0 Å². The first-order valence-electron chi connectivity index (χ1n) is 8.06. The molecule has 1 fully saturated rings. The first-order chi connectivity index (χ1) is 11.0. The number of alkyl halides is 2. The van der Waals surface area contributed by atoms with E-state index in [9.17, 15) is 8.78 Å². The summed E-state index contributed by atoms with van der Waals surface area (Å²) < 4.78 is 26.8. The Morgan fingerprint density at radius 1 is 1.35 bits per heavy atom. The maximum absolute atomic E-state index is 13.4. The van der Waals surface area contributed by atoms with Gasteiger partial charge in [-0.2, -0.15) is 0 Å². The summed E-state index contributed by atoms with van der Waals surface area (Å²) in [5.41, 5.74) is 2.27. The number of thiophene rings is 1. The van der Waals surface area contributed by atoms with Crippen molar-refractivity contribution < 1.29 is 8.78 Å². The molecule has 0 aromatic carbocycles. The van der Waals surface area contributed by atoms with Crippen molar-refractivity contribution in [3.8, 4) is 0 Å². The fourth-order valence-electron chi connectivity index (χ4n) is 2.58. The van der Waals surface area contributed by atoms with Gasteiger partial charge in [-0.05, 0) is 56.2 Å². The highest BCUT2D eigenvalue weighted by atomic mass is 32.1. The third kappa shape index (κ3) is 4.74. The zero-order chi connectivity index (χ0) is 16.8. The third-order valence-electron chi connectivity index (χ3n) is 4.14. The van der Waals surface area contributed by atoms with Gasteiger partial charge in [-0.15, -0.1) is 11.3 Å². The van der Waals surface area contributed by atoms with Crippen LogP contribution in [0.4, 0.5) is 8.78 Å². The van der Waals surface area contributed by atoms with Crippen molar-refractivity contribution in [3.63, 3.8) is 0 Å². The van der Waals surface area contributed by atoms with Crippen molar-refractivity contribution >= 4 is 17.0 Å². The smallest absolute Gasteiger partial charge is 0.280 e. The molecule has 0 bridgehead atoms. The van der Waals surface area contributed by atoms with Gasteiger partial charge in [0.15, 0.2) is 0 Å². The lowest BCUT2D eigenvalue weighted by atomic mass is 10.1. The van der Waals surface area contributed by atoms with Crippen LogP contribution in [0.1, 0.15) is 44.9 Å². The first-order valence-corrected chi connectivity index (χ1v) is 8.94. The maximum Gasteiger partial charge on any atom is 0.280 e. The molecule has 1 aliphatic rings. The van der Waals surface area contributed by atoms with Crippen molar-refractivity contribution in [2.75, 3.05) is 13.1 Å². The molecule has 5 heteroatoms. The molecule has 0 radical (unpaired) electrons. The summed E-state index contributed by atoms with van der Waals surface area (Å²) in [5, 5.41) is 1.95. The van der Waals surface area contributed by atoms with Gasteiger partial charge in [-0.25, -0.2) is 13.8 Å². The Morgan fingerprint density at radius 2 is 2.04 bits per heavy atom. The van der Waals surface area contributed by atoms with E-state index in [0.29, 0.717) is 17.7 Å². The molecule has 126 valence electrons. The largest absolute Gasteiger partial charge is 0.375 e. The van der Waals surface area contributed by atoms with Crippen molar-refractivity contribution in [1.29, 1.82) is 0 Å². The Labute approximate surface area is 141 Å². The zero-order valence-corrected chi connectivity index (χ0v) is 14.8. The highest BCUT2D eigenvalue weighted by molar-refractivity contribution is 7.12. The number of rotatable bonds is 6. The van der Waals surface area contributed by atoms with Gasteiger partial charge in [0.2, 0.25) is 0 Å². The molecule has 1 aromatic heterocycles. The number of allylic oxidation sites excluding steroid dienone is 4. The summed E-state index contributed by atoms with van der Waals surface area (Å²) >= 11 is 1.53. The lowest BCUT2D eigenvalue weighted by Gasteiger charge is -2.18. The van der Waals surface area contributed by atoms with E-state index in [2.05, 4.69) is 9.89 Å². The monoisotopic (exact) mass is 338 g/mol. The zero-order valence-electron chi connectivity index (χ0n) is 14.0. The maximum atomic E-state index is 13.4. The van der Waals surface area contributed by atoms with E-state index >= 15 is 0 Å². The predicted octanol–water partition coefficient (Wildman–Crippen LogP) is 5.49. The molecule has 1 aliphatic heterocycles. The molecule has 1 aromatic rings. The second-order valence-electron chi connectivity index (χ2n) is 5.77. The highest BCUT2D eigenvalue weighted by Gasteiger charge is 2.17. The lowest BCUT2D eigenvalue weighted by molar-refractivity contribution is 0.186. The van der Waals surface area contributed by atoms with Crippen LogP contribution >= 0.6 is 11.3 Å². The molecular weight excluding hydrogens is 314 g/mol. The molecule has 0 amide bonds. The highest BCUT2D eigenvalue weighted by Crippen LogP contribution is 2.22. The van der Waals surface area contributed by atoms with E-state index in [4.69, 9.17) is 0 Å². The van der Waals surface area contributed by atoms with Gasteiger partial charge in [0.1, 0.15) is 5.70 Å². The Kier molecular flexibility index (Phi) is 6.51. The van der Waals surface area contributed by atoms with E-state index in [1.165, 1.54) is 24.2 Å². The van der Waals surface area contributed by atoms with Crippen LogP contribution in [0, 0.1) is 0 Å². The number of aliphatic imine (C=N–C) groups is 1. The topological polar surface area (TPSA) is 15.6 Å². The summed E-state index contributed by atoms with van der Waals surface area (Å²) in [5.74, 6) is 0. The van der Waals surface area contributed by atoms with Gasteiger partial charge >= 0.3 is 0 Å². The molecule has 23 heavy (non-hydrogen) atoms. The number of likely N-dealkylation sites (tertiary alicyclic amines) is 1. The fourth-order valence-corrected chi connectivity index (χ4v) is 3.27. The summed E-state index contributed by atoms with van der Waals surface area (Å²) in [6.07, 6.45) is 2.35. The minimum absolute atomic E-state index is 0.0960. The number of hydrogen-bond acceptors (Lipinski definition) is 3. The molecule has 0 aliphatic carbocycles. The summed E-state index contributed by atoms with van der Waals surface area (Å²) in [6.45, 7) is 7.71. The number of hydrogen-bond donors (Lipinski definition) is 0. The van der Waals surface area contributed by atoms with Crippen LogP contribution in [0.5, 0.6) is 0 Å². The van der Waals surface area contributed by atoms with Crippen LogP contribution in [0.2, 0.25) is 0 Å². The molecule has 2 nitrogen and oxygen atoms in total. The molecule has 0 N–H and O–H groups in total. The van der Waals surface area contributed by atoms with Crippen LogP contribution in [0.15, 0.2) is 45.5 Å². The van der Waals surface area contributed by atoms with E-state index in [-0.39, 0.29) is 5.70 Å². The summed E-state index contributed by atoms with van der Waals surface area (Å²) in [4.78, 5) is 7.57. The second-order valence-corrected chi connectivity index (χ2v) is 6.72. The molecule has 0 atom stereocenters. The van der Waals surface area contributed by atoms with Crippen LogP contribution < -0.4 is 0 Å². The van der Waals surface area contributed by atoms with E-state index in [1.807, 2.05) is 37.4 Å². The van der Waals surface area contributed by atoms with Crippen molar-refractivity contribution in [1.82, 2.24) is 4.90 Å². The SMILES string of the molecule is CC/C(C)=C(/N=C(/C=C(\C)N1CCCC1)c1cccs1)C(F)F. The Bertz CT molecular complexity index is 595. The Balaban J connectivity index is 2.42. The summed E-state index contributed by atoms with van der Waals surface area (Å²) in [7, 11) is 0. The Hall–Kier alpha value is -1.49.